The van der Waals surface area contributed by atoms with Crippen LogP contribution in [0.15, 0.2) is 24.3 Å². The van der Waals surface area contributed by atoms with Crippen LogP contribution in [-0.4, -0.2) is 28.1 Å². The van der Waals surface area contributed by atoms with Gasteiger partial charge in [-0.15, -0.1) is 11.8 Å². The van der Waals surface area contributed by atoms with Gasteiger partial charge in [-0.05, 0) is 12.3 Å². The summed E-state index contributed by atoms with van der Waals surface area (Å²) >= 11 is 6.35. The maximum atomic E-state index is 11.8. The van der Waals surface area contributed by atoms with Gasteiger partial charge in [-0.25, -0.2) is 0 Å². The first-order chi connectivity index (χ1) is 8.08. The van der Waals surface area contributed by atoms with Crippen molar-refractivity contribution in [2.24, 2.45) is 0 Å². The summed E-state index contributed by atoms with van der Waals surface area (Å²) in [6.45, 7) is 0.0789. The number of nitrogens with one attached hydrogen (secondary N) is 2. The number of carbonyl (C=O) groups is 1. The number of benzene rings is 1. The first-order valence-electron chi connectivity index (χ1n) is 5.03. The topological polar surface area (TPSA) is 61.4 Å². The molecule has 0 fully saturated rings. The Bertz CT molecular complexity index is 478. The fraction of sp³-hybridized carbons (Fsp3) is 0.273. The van der Waals surface area contributed by atoms with Gasteiger partial charge in [0.05, 0.1) is 6.54 Å². The minimum Gasteiger partial charge on any atom is -0.374 e. The normalized spacial score (nSPS) is 21.9. The molecule has 0 aromatic heterocycles. The molecule has 0 saturated heterocycles. The Labute approximate surface area is 109 Å². The van der Waals surface area contributed by atoms with Crippen molar-refractivity contribution in [1.82, 2.24) is 5.32 Å². The second-order valence-electron chi connectivity index (χ2n) is 3.71. The van der Waals surface area contributed by atoms with Gasteiger partial charge in [0.1, 0.15) is 4.32 Å². The molecule has 1 unspecified atom stereocenters. The highest BCUT2D eigenvalue weighted by atomic mass is 32.2. The van der Waals surface area contributed by atoms with Crippen LogP contribution in [-0.2, 0) is 10.4 Å². The molecule has 90 valence electrons. The largest absolute Gasteiger partial charge is 0.374 e. The zero-order valence-corrected chi connectivity index (χ0v) is 10.8. The molecule has 1 aliphatic rings. The van der Waals surface area contributed by atoms with Gasteiger partial charge >= 0.3 is 0 Å². The number of thioether (sulfide) groups is 1. The Morgan fingerprint density at radius 3 is 3.00 bits per heavy atom. The molecule has 2 rings (SSSR count). The summed E-state index contributed by atoms with van der Waals surface area (Å²) < 4.78 is 0.551. The van der Waals surface area contributed by atoms with E-state index in [9.17, 15) is 9.90 Å². The molecule has 0 aliphatic carbocycles. The fourth-order valence-electron chi connectivity index (χ4n) is 1.75. The predicted molar refractivity (Wildman–Crippen MR) is 73.1 cm³/mol. The molecule has 1 heterocycles. The molecule has 3 N–H and O–H groups in total. The zero-order valence-electron chi connectivity index (χ0n) is 9.19. The Hall–Kier alpha value is -1.11. The summed E-state index contributed by atoms with van der Waals surface area (Å²) in [7, 11) is 0. The Kier molecular flexibility index (Phi) is 3.37. The molecule has 1 atom stereocenters. The van der Waals surface area contributed by atoms with Crippen molar-refractivity contribution >= 4 is 39.9 Å². The second-order valence-corrected chi connectivity index (χ2v) is 5.19. The van der Waals surface area contributed by atoms with Crippen molar-refractivity contribution in [2.45, 2.75) is 5.60 Å². The minimum atomic E-state index is -1.55. The van der Waals surface area contributed by atoms with Gasteiger partial charge in [0, 0.05) is 11.3 Å². The van der Waals surface area contributed by atoms with Crippen molar-refractivity contribution in [3.8, 4) is 0 Å². The van der Waals surface area contributed by atoms with E-state index in [1.807, 2.05) is 12.3 Å². The summed E-state index contributed by atoms with van der Waals surface area (Å²) in [5.74, 6) is -0.421. The highest BCUT2D eigenvalue weighted by Crippen LogP contribution is 2.35. The van der Waals surface area contributed by atoms with Gasteiger partial charge in [0.2, 0.25) is 0 Å². The van der Waals surface area contributed by atoms with E-state index < -0.39 is 11.5 Å². The first-order valence-corrected chi connectivity index (χ1v) is 6.66. The molecule has 0 spiro atoms. The van der Waals surface area contributed by atoms with Crippen molar-refractivity contribution in [2.75, 3.05) is 18.1 Å². The number of carbonyl (C=O) groups excluding carboxylic acids is 1. The average molecular weight is 268 g/mol. The lowest BCUT2D eigenvalue weighted by atomic mass is 9.95. The summed E-state index contributed by atoms with van der Waals surface area (Å²) in [5, 5.41) is 15.9. The van der Waals surface area contributed by atoms with Crippen LogP contribution in [0, 0.1) is 0 Å². The van der Waals surface area contributed by atoms with Gasteiger partial charge in [-0.3, -0.25) is 4.79 Å². The van der Waals surface area contributed by atoms with Crippen LogP contribution in [0.4, 0.5) is 5.69 Å². The van der Waals surface area contributed by atoms with Crippen molar-refractivity contribution < 1.29 is 9.90 Å². The maximum Gasteiger partial charge on any atom is 0.262 e. The number of para-hydroxylation sites is 1. The molecule has 0 saturated carbocycles. The van der Waals surface area contributed by atoms with Crippen LogP contribution in [0.2, 0.25) is 0 Å². The molecule has 1 aliphatic heterocycles. The number of hydrogen-bond donors (Lipinski definition) is 3. The molecule has 1 aromatic carbocycles. The zero-order chi connectivity index (χ0) is 12.5. The lowest BCUT2D eigenvalue weighted by Gasteiger charge is -2.21. The molecule has 4 nitrogen and oxygen atoms in total. The average Bonchev–Trinajstić information content (AvgIpc) is 2.60. The van der Waals surface area contributed by atoms with Crippen LogP contribution in [0.5, 0.6) is 0 Å². The van der Waals surface area contributed by atoms with E-state index in [1.165, 1.54) is 11.8 Å². The van der Waals surface area contributed by atoms with E-state index in [1.54, 1.807) is 18.2 Å². The predicted octanol–water partition coefficient (Wildman–Crippen LogP) is 1.06. The molecule has 0 bridgehead atoms. The summed E-state index contributed by atoms with van der Waals surface area (Å²) in [4.78, 5) is 11.8. The van der Waals surface area contributed by atoms with Gasteiger partial charge in [0.25, 0.3) is 5.91 Å². The third-order valence-corrected chi connectivity index (χ3v) is 3.83. The quantitative estimate of drug-likeness (QED) is 0.700. The number of aliphatic hydroxyl groups is 1. The second kappa shape index (κ2) is 4.64. The number of thiocarbonyl (C=S) groups is 1. The molecule has 1 amide bonds. The van der Waals surface area contributed by atoms with Gasteiger partial charge < -0.3 is 15.7 Å². The van der Waals surface area contributed by atoms with E-state index in [0.29, 0.717) is 15.6 Å². The smallest absolute Gasteiger partial charge is 0.262 e. The maximum absolute atomic E-state index is 11.8. The van der Waals surface area contributed by atoms with E-state index in [0.717, 1.165) is 0 Å². The van der Waals surface area contributed by atoms with Crippen molar-refractivity contribution in [1.29, 1.82) is 0 Å². The van der Waals surface area contributed by atoms with E-state index in [-0.39, 0.29) is 6.54 Å². The Morgan fingerprint density at radius 1 is 1.59 bits per heavy atom. The third-order valence-electron chi connectivity index (χ3n) is 2.67. The molecule has 6 heteroatoms. The highest BCUT2D eigenvalue weighted by Gasteiger charge is 2.44. The summed E-state index contributed by atoms with van der Waals surface area (Å²) in [6.07, 6.45) is 1.84. The van der Waals surface area contributed by atoms with Crippen LogP contribution < -0.4 is 10.6 Å². The van der Waals surface area contributed by atoms with Gasteiger partial charge in [-0.2, -0.15) is 0 Å². The Morgan fingerprint density at radius 2 is 2.29 bits per heavy atom. The lowest BCUT2D eigenvalue weighted by molar-refractivity contribution is -0.132. The van der Waals surface area contributed by atoms with Crippen molar-refractivity contribution in [3.05, 3.63) is 29.8 Å². The lowest BCUT2D eigenvalue weighted by Crippen LogP contribution is -2.44. The first kappa shape index (κ1) is 12.3. The standard InChI is InChI=1S/C11H12N2O2S2/c1-17-10(16)12-6-11(15)7-4-2-3-5-8(7)13-9(11)14/h2-5,15H,6H2,1H3,(H,12,16)(H,13,14). The molecular formula is C11H12N2O2S2. The third kappa shape index (κ3) is 2.15. The SMILES string of the molecule is CSC(=S)NCC1(O)C(=O)Nc2ccccc21. The Balaban J connectivity index is 2.24. The number of fused-ring (bicyclic) bond motifs is 1. The summed E-state index contributed by atoms with van der Waals surface area (Å²) in [6, 6.07) is 7.09. The van der Waals surface area contributed by atoms with Crippen molar-refractivity contribution in [3.63, 3.8) is 0 Å². The fourth-order valence-corrected chi connectivity index (χ4v) is 2.04. The number of amides is 1. The number of anilines is 1. The van der Waals surface area contributed by atoms with Gasteiger partial charge in [-0.1, -0.05) is 30.4 Å². The number of rotatable bonds is 2. The molecule has 0 radical (unpaired) electrons. The van der Waals surface area contributed by atoms with E-state index >= 15 is 0 Å². The van der Waals surface area contributed by atoms with Crippen LogP contribution >= 0.6 is 24.0 Å². The molecular weight excluding hydrogens is 256 g/mol. The minimum absolute atomic E-state index is 0.0789. The van der Waals surface area contributed by atoms with Crippen LogP contribution in [0.25, 0.3) is 0 Å². The van der Waals surface area contributed by atoms with E-state index in [2.05, 4.69) is 10.6 Å². The molecule has 1 aromatic rings. The summed E-state index contributed by atoms with van der Waals surface area (Å²) in [5.41, 5.74) is -0.311. The monoisotopic (exact) mass is 268 g/mol. The molecule has 17 heavy (non-hydrogen) atoms. The van der Waals surface area contributed by atoms with E-state index in [4.69, 9.17) is 12.2 Å². The van der Waals surface area contributed by atoms with Crippen LogP contribution in [0.1, 0.15) is 5.56 Å². The van der Waals surface area contributed by atoms with Crippen LogP contribution in [0.3, 0.4) is 0 Å². The highest BCUT2D eigenvalue weighted by molar-refractivity contribution is 8.22. The number of hydrogen-bond acceptors (Lipinski definition) is 4. The van der Waals surface area contributed by atoms with Gasteiger partial charge in [0.15, 0.2) is 5.60 Å².